The third-order valence-corrected chi connectivity index (χ3v) is 4.10. The quantitative estimate of drug-likeness (QED) is 0.468. The molecule has 0 amide bonds. The average molecular weight is 400 g/mol. The van der Waals surface area contributed by atoms with Crippen LogP contribution in [0.1, 0.15) is 31.3 Å². The van der Waals surface area contributed by atoms with Gasteiger partial charge in [0.05, 0.1) is 6.04 Å². The largest absolute Gasteiger partial charge is 0.357 e. The topological polar surface area (TPSA) is 88.2 Å². The summed E-state index contributed by atoms with van der Waals surface area (Å²) >= 11 is 0. The van der Waals surface area contributed by atoms with E-state index in [4.69, 9.17) is 4.52 Å². The number of pyridine rings is 1. The summed E-state index contributed by atoms with van der Waals surface area (Å²) in [5.41, 5.74) is 1.23. The zero-order valence-corrected chi connectivity index (χ0v) is 16.2. The van der Waals surface area contributed by atoms with E-state index < -0.39 is 11.6 Å². The lowest BCUT2D eigenvalue weighted by Crippen LogP contribution is -2.39. The highest BCUT2D eigenvalue weighted by atomic mass is 19.2. The third-order valence-electron chi connectivity index (χ3n) is 4.10. The molecule has 0 aliphatic heterocycles. The molecular weight excluding hydrogens is 378 g/mol. The summed E-state index contributed by atoms with van der Waals surface area (Å²) in [6.45, 7) is 4.86. The Kier molecular flexibility index (Phi) is 6.83. The van der Waals surface area contributed by atoms with Crippen LogP contribution in [-0.2, 0) is 6.42 Å². The lowest BCUT2D eigenvalue weighted by atomic mass is 10.1. The molecule has 0 radical (unpaired) electrons. The molecular formula is C20H22F2N6O. The Morgan fingerprint density at radius 2 is 2.07 bits per heavy atom. The van der Waals surface area contributed by atoms with Crippen molar-refractivity contribution in [2.75, 3.05) is 13.1 Å². The predicted molar refractivity (Wildman–Crippen MR) is 105 cm³/mol. The van der Waals surface area contributed by atoms with Gasteiger partial charge in [-0.3, -0.25) is 9.98 Å². The molecule has 152 valence electrons. The molecule has 3 aromatic rings. The van der Waals surface area contributed by atoms with E-state index in [9.17, 15) is 8.78 Å². The molecule has 0 fully saturated rings. The highest BCUT2D eigenvalue weighted by Gasteiger charge is 2.12. The normalized spacial score (nSPS) is 12.6. The first-order chi connectivity index (χ1) is 14.1. The standard InChI is InChI=1S/C20H22F2N6O/c1-3-23-20(26-13(2)14-7-8-15(21)16(22)12-14)25-11-9-18-27-19(29-28-18)17-6-4-5-10-24-17/h4-8,10,12-13H,3,9,11H2,1-2H3,(H2,23,25,26). The van der Waals surface area contributed by atoms with Crippen LogP contribution in [-0.4, -0.2) is 34.2 Å². The molecule has 1 atom stereocenters. The van der Waals surface area contributed by atoms with Gasteiger partial charge in [-0.25, -0.2) is 8.78 Å². The van der Waals surface area contributed by atoms with Crippen LogP contribution in [0.3, 0.4) is 0 Å². The summed E-state index contributed by atoms with van der Waals surface area (Å²) in [5, 5.41) is 10.2. The van der Waals surface area contributed by atoms with Crippen LogP contribution in [0, 0.1) is 11.6 Å². The minimum absolute atomic E-state index is 0.260. The molecule has 1 aromatic carbocycles. The van der Waals surface area contributed by atoms with E-state index in [0.717, 1.165) is 6.07 Å². The molecule has 0 spiro atoms. The van der Waals surface area contributed by atoms with Crippen LogP contribution in [0.4, 0.5) is 8.78 Å². The van der Waals surface area contributed by atoms with Crippen LogP contribution in [0.2, 0.25) is 0 Å². The molecule has 0 aliphatic rings. The number of hydrogen-bond donors (Lipinski definition) is 2. The van der Waals surface area contributed by atoms with Crippen molar-refractivity contribution >= 4 is 5.96 Å². The number of guanidine groups is 1. The molecule has 0 bridgehead atoms. The SMILES string of the molecule is CCNC(=NCCc1noc(-c2ccccn2)n1)NC(C)c1ccc(F)c(F)c1. The Labute approximate surface area is 167 Å². The van der Waals surface area contributed by atoms with E-state index >= 15 is 0 Å². The number of hydrogen-bond acceptors (Lipinski definition) is 5. The number of aliphatic imine (C=N–C) groups is 1. The second kappa shape index (κ2) is 9.72. The first-order valence-corrected chi connectivity index (χ1v) is 9.30. The van der Waals surface area contributed by atoms with Gasteiger partial charge in [-0.2, -0.15) is 4.98 Å². The van der Waals surface area contributed by atoms with Crippen LogP contribution >= 0.6 is 0 Å². The number of rotatable bonds is 7. The number of halogens is 2. The van der Waals surface area contributed by atoms with Gasteiger partial charge >= 0.3 is 0 Å². The van der Waals surface area contributed by atoms with Gasteiger partial charge in [0.25, 0.3) is 5.89 Å². The zero-order valence-electron chi connectivity index (χ0n) is 16.2. The molecule has 0 saturated heterocycles. The lowest BCUT2D eigenvalue weighted by molar-refractivity contribution is 0.421. The van der Waals surface area contributed by atoms with Gasteiger partial charge in [0, 0.05) is 25.7 Å². The summed E-state index contributed by atoms with van der Waals surface area (Å²) in [6, 6.07) is 9.02. The highest BCUT2D eigenvalue weighted by Crippen LogP contribution is 2.16. The molecule has 2 aromatic heterocycles. The van der Waals surface area contributed by atoms with Gasteiger partial charge in [-0.1, -0.05) is 17.3 Å². The lowest BCUT2D eigenvalue weighted by Gasteiger charge is -2.18. The summed E-state index contributed by atoms with van der Waals surface area (Å²) in [7, 11) is 0. The Bertz CT molecular complexity index is 961. The van der Waals surface area contributed by atoms with Gasteiger partial charge in [0.1, 0.15) is 5.69 Å². The Balaban J connectivity index is 1.60. The maximum atomic E-state index is 13.5. The van der Waals surface area contributed by atoms with Gasteiger partial charge in [0.15, 0.2) is 23.4 Å². The molecule has 0 aliphatic carbocycles. The Morgan fingerprint density at radius 1 is 1.21 bits per heavy atom. The van der Waals surface area contributed by atoms with Gasteiger partial charge in [-0.05, 0) is 43.7 Å². The smallest absolute Gasteiger partial charge is 0.276 e. The van der Waals surface area contributed by atoms with E-state index in [-0.39, 0.29) is 6.04 Å². The van der Waals surface area contributed by atoms with Crippen molar-refractivity contribution in [2.45, 2.75) is 26.3 Å². The zero-order chi connectivity index (χ0) is 20.6. The summed E-state index contributed by atoms with van der Waals surface area (Å²) in [5.74, 6) is -0.302. The maximum absolute atomic E-state index is 13.5. The van der Waals surface area contributed by atoms with E-state index in [2.05, 4.69) is 30.8 Å². The maximum Gasteiger partial charge on any atom is 0.276 e. The summed E-state index contributed by atoms with van der Waals surface area (Å²) in [4.78, 5) is 13.0. The Hall–Kier alpha value is -3.36. The van der Waals surface area contributed by atoms with Crippen LogP contribution in [0.15, 0.2) is 52.1 Å². The first-order valence-electron chi connectivity index (χ1n) is 9.30. The van der Waals surface area contributed by atoms with Crippen molar-refractivity contribution in [3.63, 3.8) is 0 Å². The van der Waals surface area contributed by atoms with Crippen LogP contribution in [0.25, 0.3) is 11.6 Å². The van der Waals surface area contributed by atoms with E-state index in [1.165, 1.54) is 12.1 Å². The highest BCUT2D eigenvalue weighted by molar-refractivity contribution is 5.80. The first kappa shape index (κ1) is 20.4. The molecule has 9 heteroatoms. The number of nitrogens with zero attached hydrogens (tertiary/aromatic N) is 4. The van der Waals surface area contributed by atoms with Crippen LogP contribution < -0.4 is 10.6 Å². The minimum atomic E-state index is -0.876. The van der Waals surface area contributed by atoms with Crippen molar-refractivity contribution in [3.05, 3.63) is 65.6 Å². The average Bonchev–Trinajstić information content (AvgIpc) is 3.20. The molecule has 1 unspecified atom stereocenters. The van der Waals surface area contributed by atoms with E-state index in [1.54, 1.807) is 12.3 Å². The second-order valence-electron chi connectivity index (χ2n) is 6.28. The van der Waals surface area contributed by atoms with Crippen molar-refractivity contribution < 1.29 is 13.3 Å². The summed E-state index contributed by atoms with van der Waals surface area (Å²) in [6.07, 6.45) is 2.14. The number of aromatic nitrogens is 3. The summed E-state index contributed by atoms with van der Waals surface area (Å²) < 4.78 is 31.8. The number of nitrogens with one attached hydrogen (secondary N) is 2. The fourth-order valence-corrected chi connectivity index (χ4v) is 2.61. The van der Waals surface area contributed by atoms with Gasteiger partial charge in [-0.15, -0.1) is 0 Å². The van der Waals surface area contributed by atoms with Crippen molar-refractivity contribution in [1.82, 2.24) is 25.8 Å². The van der Waals surface area contributed by atoms with E-state index in [1.807, 2.05) is 26.0 Å². The van der Waals surface area contributed by atoms with E-state index in [0.29, 0.717) is 48.4 Å². The molecule has 2 heterocycles. The van der Waals surface area contributed by atoms with Crippen LogP contribution in [0.5, 0.6) is 0 Å². The number of benzene rings is 1. The van der Waals surface area contributed by atoms with Gasteiger partial charge in [0.2, 0.25) is 0 Å². The van der Waals surface area contributed by atoms with Crippen molar-refractivity contribution in [2.24, 2.45) is 4.99 Å². The third kappa shape index (κ3) is 5.56. The molecule has 0 saturated carbocycles. The second-order valence-corrected chi connectivity index (χ2v) is 6.28. The predicted octanol–water partition coefficient (Wildman–Crippen LogP) is 3.27. The fraction of sp³-hybridized carbons (Fsp3) is 0.300. The van der Waals surface area contributed by atoms with Gasteiger partial charge < -0.3 is 15.2 Å². The molecule has 29 heavy (non-hydrogen) atoms. The Morgan fingerprint density at radius 3 is 2.79 bits per heavy atom. The monoisotopic (exact) mass is 400 g/mol. The fourth-order valence-electron chi connectivity index (χ4n) is 2.61. The van der Waals surface area contributed by atoms with Crippen molar-refractivity contribution in [1.29, 1.82) is 0 Å². The molecule has 2 N–H and O–H groups in total. The molecule has 7 nitrogen and oxygen atoms in total. The molecule has 3 rings (SSSR count). The van der Waals surface area contributed by atoms with Crippen molar-refractivity contribution in [3.8, 4) is 11.6 Å². The minimum Gasteiger partial charge on any atom is -0.357 e.